The van der Waals surface area contributed by atoms with Gasteiger partial charge < -0.3 is 14.6 Å². The van der Waals surface area contributed by atoms with Crippen LogP contribution in [0.3, 0.4) is 0 Å². The van der Waals surface area contributed by atoms with Crippen LogP contribution in [-0.4, -0.2) is 23.9 Å². The molecule has 2 heterocycles. The maximum Gasteiger partial charge on any atom is 0.129 e. The lowest BCUT2D eigenvalue weighted by Gasteiger charge is -2.36. The molecule has 25 heavy (non-hydrogen) atoms. The number of ether oxygens (including phenoxy) is 2. The molecule has 0 unspecified atom stereocenters. The third kappa shape index (κ3) is 3.13. The fourth-order valence-electron chi connectivity index (χ4n) is 4.09. The van der Waals surface area contributed by atoms with Gasteiger partial charge in [-0.25, -0.2) is 0 Å². The molecule has 0 saturated heterocycles. The van der Waals surface area contributed by atoms with E-state index in [1.165, 1.54) is 22.3 Å². The van der Waals surface area contributed by atoms with Gasteiger partial charge in [-0.15, -0.1) is 0 Å². The Labute approximate surface area is 149 Å². The van der Waals surface area contributed by atoms with Gasteiger partial charge in [-0.2, -0.15) is 0 Å². The summed E-state index contributed by atoms with van der Waals surface area (Å²) in [7, 11) is 0. The van der Waals surface area contributed by atoms with Gasteiger partial charge in [-0.05, 0) is 62.3 Å². The highest BCUT2D eigenvalue weighted by Crippen LogP contribution is 2.44. The van der Waals surface area contributed by atoms with Crippen molar-refractivity contribution < 1.29 is 14.6 Å². The molecule has 0 aromatic heterocycles. The van der Waals surface area contributed by atoms with Gasteiger partial charge in [0.25, 0.3) is 0 Å². The van der Waals surface area contributed by atoms with Crippen molar-refractivity contribution in [3.05, 3.63) is 58.7 Å². The first-order chi connectivity index (χ1) is 12.1. The first-order valence-corrected chi connectivity index (χ1v) is 9.22. The predicted octanol–water partition coefficient (Wildman–Crippen LogP) is 4.04. The molecule has 2 aliphatic heterocycles. The van der Waals surface area contributed by atoms with E-state index in [1.54, 1.807) is 0 Å². The quantitative estimate of drug-likeness (QED) is 0.918. The number of aliphatic hydroxyl groups is 1. The SMILES string of the molecule is CC1(C)CCc2c(ccc3c2OC[C@H](c2ccccc2CCO)C3)O1. The molecule has 4 rings (SSSR count). The van der Waals surface area contributed by atoms with Crippen molar-refractivity contribution in [3.63, 3.8) is 0 Å². The number of rotatable bonds is 3. The van der Waals surface area contributed by atoms with E-state index >= 15 is 0 Å². The summed E-state index contributed by atoms with van der Waals surface area (Å²) in [6, 6.07) is 12.7. The third-order valence-electron chi connectivity index (χ3n) is 5.43. The van der Waals surface area contributed by atoms with Gasteiger partial charge in [0.15, 0.2) is 0 Å². The van der Waals surface area contributed by atoms with Crippen LogP contribution in [0.1, 0.15) is 48.4 Å². The van der Waals surface area contributed by atoms with Crippen LogP contribution in [0, 0.1) is 0 Å². The Bertz CT molecular complexity index is 779. The number of aliphatic hydroxyl groups excluding tert-OH is 1. The van der Waals surface area contributed by atoms with Crippen LogP contribution >= 0.6 is 0 Å². The number of benzene rings is 2. The van der Waals surface area contributed by atoms with Gasteiger partial charge in [0.1, 0.15) is 17.1 Å². The standard InChI is InChI=1S/C22H26O3/c1-22(2)11-9-19-20(25-22)8-7-16-13-17(14-24-21(16)19)18-6-4-3-5-15(18)10-12-23/h3-8,17,23H,9-14H2,1-2H3/t17-/m1/s1. The lowest BCUT2D eigenvalue weighted by molar-refractivity contribution is 0.0826. The first-order valence-electron chi connectivity index (χ1n) is 9.22. The van der Waals surface area contributed by atoms with E-state index in [4.69, 9.17) is 9.47 Å². The average Bonchev–Trinajstić information content (AvgIpc) is 2.61. The number of hydrogen-bond acceptors (Lipinski definition) is 3. The highest BCUT2D eigenvalue weighted by molar-refractivity contribution is 5.53. The fraction of sp³-hybridized carbons (Fsp3) is 0.455. The van der Waals surface area contributed by atoms with E-state index in [2.05, 4.69) is 44.2 Å². The van der Waals surface area contributed by atoms with E-state index < -0.39 is 0 Å². The van der Waals surface area contributed by atoms with Crippen molar-refractivity contribution in [1.29, 1.82) is 0 Å². The van der Waals surface area contributed by atoms with E-state index in [9.17, 15) is 5.11 Å². The molecular weight excluding hydrogens is 312 g/mol. The monoisotopic (exact) mass is 338 g/mol. The molecule has 0 fully saturated rings. The molecular formula is C22H26O3. The minimum absolute atomic E-state index is 0.0956. The Morgan fingerprint density at radius 1 is 1.16 bits per heavy atom. The van der Waals surface area contributed by atoms with Crippen LogP contribution in [0.25, 0.3) is 0 Å². The molecule has 0 amide bonds. The summed E-state index contributed by atoms with van der Waals surface area (Å²) in [5.74, 6) is 2.37. The van der Waals surface area contributed by atoms with Crippen LogP contribution in [0.5, 0.6) is 11.5 Å². The molecule has 3 nitrogen and oxygen atoms in total. The zero-order chi connectivity index (χ0) is 17.4. The molecule has 0 bridgehead atoms. The summed E-state index contributed by atoms with van der Waals surface area (Å²) in [5, 5.41) is 9.33. The lowest BCUT2D eigenvalue weighted by Crippen LogP contribution is -2.33. The lowest BCUT2D eigenvalue weighted by atomic mass is 9.84. The number of hydrogen-bond donors (Lipinski definition) is 1. The summed E-state index contributed by atoms with van der Waals surface area (Å²) in [5.41, 5.74) is 4.94. The molecule has 1 N–H and O–H groups in total. The maximum absolute atomic E-state index is 9.33. The summed E-state index contributed by atoms with van der Waals surface area (Å²) in [6.45, 7) is 5.16. The van der Waals surface area contributed by atoms with Crippen molar-refractivity contribution in [3.8, 4) is 11.5 Å². The van der Waals surface area contributed by atoms with E-state index in [1.807, 2.05) is 6.07 Å². The first kappa shape index (κ1) is 16.5. The predicted molar refractivity (Wildman–Crippen MR) is 98.6 cm³/mol. The normalized spacial score (nSPS) is 20.8. The summed E-state index contributed by atoms with van der Waals surface area (Å²) >= 11 is 0. The minimum Gasteiger partial charge on any atom is -0.492 e. The molecule has 2 aliphatic rings. The zero-order valence-corrected chi connectivity index (χ0v) is 15.0. The second-order valence-corrected chi connectivity index (χ2v) is 7.78. The van der Waals surface area contributed by atoms with Crippen LogP contribution in [0.2, 0.25) is 0 Å². The Kier molecular flexibility index (Phi) is 4.20. The molecule has 0 radical (unpaired) electrons. The van der Waals surface area contributed by atoms with Gasteiger partial charge >= 0.3 is 0 Å². The highest BCUT2D eigenvalue weighted by atomic mass is 16.5. The van der Waals surface area contributed by atoms with Crippen molar-refractivity contribution in [2.24, 2.45) is 0 Å². The molecule has 2 aromatic rings. The van der Waals surface area contributed by atoms with Crippen molar-refractivity contribution in [1.82, 2.24) is 0 Å². The molecule has 0 aliphatic carbocycles. The third-order valence-corrected chi connectivity index (χ3v) is 5.43. The molecule has 3 heteroatoms. The molecule has 2 aromatic carbocycles. The van der Waals surface area contributed by atoms with E-state index in [0.717, 1.165) is 30.8 Å². The Morgan fingerprint density at radius 2 is 2.00 bits per heavy atom. The summed E-state index contributed by atoms with van der Waals surface area (Å²) < 4.78 is 12.4. The van der Waals surface area contributed by atoms with E-state index in [0.29, 0.717) is 18.9 Å². The topological polar surface area (TPSA) is 38.7 Å². The minimum atomic E-state index is -0.0956. The smallest absolute Gasteiger partial charge is 0.129 e. The van der Waals surface area contributed by atoms with Crippen LogP contribution in [-0.2, 0) is 19.3 Å². The average molecular weight is 338 g/mol. The molecule has 1 atom stereocenters. The Morgan fingerprint density at radius 3 is 2.84 bits per heavy atom. The van der Waals surface area contributed by atoms with Gasteiger partial charge in [0, 0.05) is 18.1 Å². The van der Waals surface area contributed by atoms with Crippen molar-refractivity contribution >= 4 is 0 Å². The largest absolute Gasteiger partial charge is 0.492 e. The second-order valence-electron chi connectivity index (χ2n) is 7.78. The number of fused-ring (bicyclic) bond motifs is 3. The van der Waals surface area contributed by atoms with Crippen LogP contribution in [0.15, 0.2) is 36.4 Å². The Balaban J connectivity index is 1.63. The zero-order valence-electron chi connectivity index (χ0n) is 15.0. The highest BCUT2D eigenvalue weighted by Gasteiger charge is 2.32. The van der Waals surface area contributed by atoms with Crippen LogP contribution < -0.4 is 9.47 Å². The van der Waals surface area contributed by atoms with Crippen molar-refractivity contribution in [2.75, 3.05) is 13.2 Å². The van der Waals surface area contributed by atoms with Gasteiger partial charge in [-0.1, -0.05) is 30.3 Å². The Hall–Kier alpha value is -2.00. The summed E-state index contributed by atoms with van der Waals surface area (Å²) in [4.78, 5) is 0. The van der Waals surface area contributed by atoms with Gasteiger partial charge in [0.05, 0.1) is 6.61 Å². The fourth-order valence-corrected chi connectivity index (χ4v) is 4.09. The van der Waals surface area contributed by atoms with Crippen LogP contribution in [0.4, 0.5) is 0 Å². The van der Waals surface area contributed by atoms with Gasteiger partial charge in [0.2, 0.25) is 0 Å². The maximum atomic E-state index is 9.33. The summed E-state index contributed by atoms with van der Waals surface area (Å²) in [6.07, 6.45) is 3.71. The molecule has 0 saturated carbocycles. The molecule has 132 valence electrons. The van der Waals surface area contributed by atoms with Crippen molar-refractivity contribution in [2.45, 2.75) is 51.0 Å². The van der Waals surface area contributed by atoms with E-state index in [-0.39, 0.29) is 12.2 Å². The molecule has 0 spiro atoms. The van der Waals surface area contributed by atoms with Gasteiger partial charge in [-0.3, -0.25) is 0 Å². The second kappa shape index (κ2) is 6.38.